The van der Waals surface area contributed by atoms with E-state index in [-0.39, 0.29) is 12.1 Å². The van der Waals surface area contributed by atoms with E-state index in [2.05, 4.69) is 39.8 Å². The number of rotatable bonds is 10. The van der Waals surface area contributed by atoms with Gasteiger partial charge in [-0.15, -0.1) is 0 Å². The highest BCUT2D eigenvalue weighted by molar-refractivity contribution is 5.69. The van der Waals surface area contributed by atoms with E-state index in [1.807, 2.05) is 0 Å². The van der Waals surface area contributed by atoms with Gasteiger partial charge in [0.1, 0.15) is 6.10 Å². The molecule has 6 atom stereocenters. The maximum absolute atomic E-state index is 12.5. The minimum absolute atomic E-state index is 0.0454. The summed E-state index contributed by atoms with van der Waals surface area (Å²) in [4.78, 5) is 12.5. The van der Waals surface area contributed by atoms with Gasteiger partial charge in [0.2, 0.25) is 0 Å². The second-order valence-corrected chi connectivity index (χ2v) is 12.3. The van der Waals surface area contributed by atoms with E-state index in [9.17, 15) is 4.79 Å². The Hall–Kier alpha value is -1.05. The molecule has 0 spiro atoms. The molecule has 2 heteroatoms. The number of esters is 1. The van der Waals surface area contributed by atoms with Crippen LogP contribution in [-0.4, -0.2) is 12.1 Å². The van der Waals surface area contributed by atoms with Gasteiger partial charge in [0.15, 0.2) is 0 Å². The van der Waals surface area contributed by atoms with Gasteiger partial charge in [0.05, 0.1) is 0 Å². The van der Waals surface area contributed by atoms with Crippen molar-refractivity contribution < 1.29 is 9.53 Å². The van der Waals surface area contributed by atoms with Crippen molar-refractivity contribution in [1.29, 1.82) is 0 Å². The van der Waals surface area contributed by atoms with Gasteiger partial charge in [-0.3, -0.25) is 4.79 Å². The topological polar surface area (TPSA) is 26.3 Å². The van der Waals surface area contributed by atoms with Crippen LogP contribution >= 0.6 is 0 Å². The van der Waals surface area contributed by atoms with Crippen LogP contribution in [0, 0.1) is 28.6 Å². The molecule has 2 unspecified atom stereocenters. The molecule has 0 radical (unpaired) electrons. The fourth-order valence-electron chi connectivity index (χ4n) is 8.40. The molecule has 2 nitrogen and oxygen atoms in total. The Kier molecular flexibility index (Phi) is 8.12. The highest BCUT2D eigenvalue weighted by Gasteiger charge is 2.56. The number of hydrogen-bond donors (Lipinski definition) is 0. The SMILES string of the molecule is CCCCCCCCCC(=O)O[C@H]1CC[C@@]2(C)C(=CC[C@@H]3C2CC[C@]2(C)C(CC)=CCC32)C1. The largest absolute Gasteiger partial charge is 0.462 e. The Morgan fingerprint density at radius 2 is 1.64 bits per heavy atom. The average Bonchev–Trinajstić information content (AvgIpc) is 3.15. The van der Waals surface area contributed by atoms with Crippen molar-refractivity contribution in [2.24, 2.45) is 28.6 Å². The molecule has 0 N–H and O–H groups in total. The summed E-state index contributed by atoms with van der Waals surface area (Å²) in [6, 6.07) is 0. The minimum atomic E-state index is 0.0454. The summed E-state index contributed by atoms with van der Waals surface area (Å²) in [6.07, 6.45) is 24.4. The van der Waals surface area contributed by atoms with Crippen molar-refractivity contribution in [3.63, 3.8) is 0 Å². The first-order chi connectivity index (χ1) is 15.9. The Morgan fingerprint density at radius 1 is 0.909 bits per heavy atom. The van der Waals surface area contributed by atoms with E-state index in [1.165, 1.54) is 77.0 Å². The normalized spacial score (nSPS) is 37.5. The number of hydrogen-bond acceptors (Lipinski definition) is 2. The third-order valence-corrected chi connectivity index (χ3v) is 10.5. The zero-order valence-electron chi connectivity index (χ0n) is 22.1. The molecule has 0 aromatic rings. The predicted molar refractivity (Wildman–Crippen MR) is 138 cm³/mol. The second kappa shape index (κ2) is 10.7. The monoisotopic (exact) mass is 454 g/mol. The van der Waals surface area contributed by atoms with Crippen molar-refractivity contribution in [3.05, 3.63) is 23.3 Å². The lowest BCUT2D eigenvalue weighted by Gasteiger charge is -2.58. The van der Waals surface area contributed by atoms with E-state index in [4.69, 9.17) is 4.74 Å². The lowest BCUT2D eigenvalue weighted by atomic mass is 9.47. The number of carbonyl (C=O) groups is 1. The van der Waals surface area contributed by atoms with E-state index in [0.29, 0.717) is 17.3 Å². The molecule has 0 saturated heterocycles. The summed E-state index contributed by atoms with van der Waals surface area (Å²) in [5, 5.41) is 0. The van der Waals surface area contributed by atoms with Crippen LogP contribution in [0.1, 0.15) is 130 Å². The summed E-state index contributed by atoms with van der Waals surface area (Å²) in [5.74, 6) is 2.56. The van der Waals surface area contributed by atoms with Crippen LogP contribution < -0.4 is 0 Å². The van der Waals surface area contributed by atoms with Crippen LogP contribution in [0.5, 0.6) is 0 Å². The number of carbonyl (C=O) groups excluding carboxylic acids is 1. The first-order valence-corrected chi connectivity index (χ1v) is 14.5. The molecule has 4 rings (SSSR count). The van der Waals surface area contributed by atoms with E-state index < -0.39 is 0 Å². The molecule has 4 aliphatic carbocycles. The van der Waals surface area contributed by atoms with E-state index in [1.54, 1.807) is 11.1 Å². The third kappa shape index (κ3) is 5.01. The fraction of sp³-hybridized carbons (Fsp3) is 0.839. The van der Waals surface area contributed by atoms with Crippen LogP contribution in [0.15, 0.2) is 23.3 Å². The smallest absolute Gasteiger partial charge is 0.306 e. The number of ether oxygens (including phenoxy) is 1. The Bertz CT molecular complexity index is 748. The van der Waals surface area contributed by atoms with Gasteiger partial charge in [-0.25, -0.2) is 0 Å². The lowest BCUT2D eigenvalue weighted by Crippen LogP contribution is -2.50. The van der Waals surface area contributed by atoms with Gasteiger partial charge in [0, 0.05) is 12.8 Å². The summed E-state index contributed by atoms with van der Waals surface area (Å²) >= 11 is 0. The maximum Gasteiger partial charge on any atom is 0.306 e. The zero-order valence-corrected chi connectivity index (χ0v) is 22.1. The predicted octanol–water partition coefficient (Wildman–Crippen LogP) is 8.95. The molecule has 0 aromatic heterocycles. The highest BCUT2D eigenvalue weighted by Crippen LogP contribution is 2.65. The Morgan fingerprint density at radius 3 is 2.39 bits per heavy atom. The summed E-state index contributed by atoms with van der Waals surface area (Å²) < 4.78 is 5.99. The average molecular weight is 455 g/mol. The van der Waals surface area contributed by atoms with E-state index >= 15 is 0 Å². The highest BCUT2D eigenvalue weighted by atomic mass is 16.5. The molecule has 2 saturated carbocycles. The van der Waals surface area contributed by atoms with Crippen molar-refractivity contribution in [1.82, 2.24) is 0 Å². The van der Waals surface area contributed by atoms with Gasteiger partial charge in [-0.2, -0.15) is 0 Å². The van der Waals surface area contributed by atoms with Crippen LogP contribution in [-0.2, 0) is 9.53 Å². The molecule has 0 aliphatic heterocycles. The first-order valence-electron chi connectivity index (χ1n) is 14.5. The van der Waals surface area contributed by atoms with Gasteiger partial charge >= 0.3 is 5.97 Å². The zero-order chi connectivity index (χ0) is 23.5. The van der Waals surface area contributed by atoms with Gasteiger partial charge in [-0.1, -0.05) is 89.5 Å². The maximum atomic E-state index is 12.5. The first kappa shape index (κ1) is 25.1. The van der Waals surface area contributed by atoms with Crippen molar-refractivity contribution in [2.45, 2.75) is 137 Å². The van der Waals surface area contributed by atoms with Crippen molar-refractivity contribution in [3.8, 4) is 0 Å². The van der Waals surface area contributed by atoms with E-state index in [0.717, 1.165) is 37.0 Å². The molecule has 2 fully saturated rings. The standard InChI is InChI=1S/C31H50O2/c1-5-7-8-9-10-11-12-13-29(32)33-25-18-20-31(4)24(22-25)14-16-26-27-17-15-23(6-2)30(27,3)21-19-28(26)31/h14-15,25-28H,5-13,16-22H2,1-4H3/t25-,26-,27?,28?,30+,31-/m0/s1. The molecule has 33 heavy (non-hydrogen) atoms. The Balaban J connectivity index is 1.28. The van der Waals surface area contributed by atoms with Gasteiger partial charge in [-0.05, 0) is 80.0 Å². The third-order valence-electron chi connectivity index (χ3n) is 10.5. The van der Waals surface area contributed by atoms with Crippen LogP contribution in [0.4, 0.5) is 0 Å². The summed E-state index contributed by atoms with van der Waals surface area (Å²) in [5.41, 5.74) is 4.15. The van der Waals surface area contributed by atoms with Crippen molar-refractivity contribution in [2.75, 3.05) is 0 Å². The lowest BCUT2D eigenvalue weighted by molar-refractivity contribution is -0.151. The fourth-order valence-corrected chi connectivity index (χ4v) is 8.40. The number of unbranched alkanes of at least 4 members (excludes halogenated alkanes) is 6. The summed E-state index contributed by atoms with van der Waals surface area (Å²) in [7, 11) is 0. The van der Waals surface area contributed by atoms with Crippen LogP contribution in [0.3, 0.4) is 0 Å². The Labute approximate surface area is 204 Å². The molecular formula is C31H50O2. The number of fused-ring (bicyclic) bond motifs is 5. The minimum Gasteiger partial charge on any atom is -0.462 e. The van der Waals surface area contributed by atoms with Crippen LogP contribution in [0.2, 0.25) is 0 Å². The van der Waals surface area contributed by atoms with Crippen molar-refractivity contribution >= 4 is 5.97 Å². The second-order valence-electron chi connectivity index (χ2n) is 12.3. The van der Waals surface area contributed by atoms with Gasteiger partial charge in [0.25, 0.3) is 0 Å². The molecule has 4 aliphatic rings. The van der Waals surface area contributed by atoms with Crippen LogP contribution in [0.25, 0.3) is 0 Å². The molecule has 0 amide bonds. The molecule has 0 bridgehead atoms. The summed E-state index contributed by atoms with van der Waals surface area (Å²) in [6.45, 7) is 9.73. The molecule has 0 aromatic carbocycles. The molecule has 0 heterocycles. The molecule has 186 valence electrons. The van der Waals surface area contributed by atoms with Gasteiger partial charge < -0.3 is 4.74 Å². The quantitative estimate of drug-likeness (QED) is 0.187. The molecular weight excluding hydrogens is 404 g/mol. The number of allylic oxidation sites excluding steroid dienone is 3.